The molecule has 1 N–H and O–H groups in total. The van der Waals surface area contributed by atoms with E-state index in [4.69, 9.17) is 0 Å². The molecule has 0 radical (unpaired) electrons. The number of hydrogen-bond acceptors (Lipinski definition) is 4. The predicted molar refractivity (Wildman–Crippen MR) is 116 cm³/mol. The Morgan fingerprint density at radius 3 is 2.50 bits per heavy atom. The quantitative estimate of drug-likeness (QED) is 0.727. The van der Waals surface area contributed by atoms with Crippen molar-refractivity contribution in [3.63, 3.8) is 0 Å². The van der Waals surface area contributed by atoms with Crippen molar-refractivity contribution < 1.29 is 17.6 Å². The van der Waals surface area contributed by atoms with Gasteiger partial charge in [0.2, 0.25) is 10.0 Å². The number of carbonyl (C=O) groups is 1. The highest BCUT2D eigenvalue weighted by molar-refractivity contribution is 7.89. The molecule has 2 aromatic rings. The van der Waals surface area contributed by atoms with Crippen LogP contribution in [0.5, 0.6) is 0 Å². The first kappa shape index (κ1) is 22.2. The van der Waals surface area contributed by atoms with E-state index in [1.54, 1.807) is 20.9 Å². The summed E-state index contributed by atoms with van der Waals surface area (Å²) in [5, 5.41) is 0. The summed E-state index contributed by atoms with van der Waals surface area (Å²) in [7, 11) is -2.24. The van der Waals surface area contributed by atoms with Crippen LogP contribution >= 0.6 is 0 Å². The Morgan fingerprint density at radius 2 is 1.83 bits per heavy atom. The molecule has 6 nitrogen and oxygen atoms in total. The molecule has 162 valence electrons. The number of carbonyl (C=O) groups excluding carboxylic acids is 1. The highest BCUT2D eigenvalue weighted by Crippen LogP contribution is 2.26. The first-order chi connectivity index (χ1) is 14.2. The van der Waals surface area contributed by atoms with Crippen LogP contribution in [0.1, 0.15) is 42.6 Å². The monoisotopic (exact) mass is 433 g/mol. The smallest absolute Gasteiger partial charge is 0.256 e. The number of para-hydroxylation sites is 1. The van der Waals surface area contributed by atoms with Gasteiger partial charge in [-0.3, -0.25) is 4.79 Å². The molecule has 0 unspecified atom stereocenters. The van der Waals surface area contributed by atoms with Gasteiger partial charge in [-0.25, -0.2) is 17.5 Å². The van der Waals surface area contributed by atoms with Gasteiger partial charge in [-0.05, 0) is 56.5 Å². The lowest BCUT2D eigenvalue weighted by atomic mass is 10.1. The molecular formula is C22H28FN3O3S. The third-order valence-corrected chi connectivity index (χ3v) is 6.72. The minimum absolute atomic E-state index is 0.133. The van der Waals surface area contributed by atoms with E-state index < -0.39 is 21.7 Å². The summed E-state index contributed by atoms with van der Waals surface area (Å²) >= 11 is 0. The van der Waals surface area contributed by atoms with Crippen molar-refractivity contribution in [2.24, 2.45) is 0 Å². The second kappa shape index (κ2) is 9.14. The topological polar surface area (TPSA) is 69.7 Å². The van der Waals surface area contributed by atoms with Crippen LogP contribution in [0.25, 0.3) is 0 Å². The van der Waals surface area contributed by atoms with Crippen LogP contribution in [0.4, 0.5) is 10.1 Å². The molecular weight excluding hydrogens is 405 g/mol. The van der Waals surface area contributed by atoms with Crippen molar-refractivity contribution in [2.75, 3.05) is 25.0 Å². The number of nitrogens with zero attached hydrogens (tertiary/aromatic N) is 2. The van der Waals surface area contributed by atoms with Gasteiger partial charge in [-0.2, -0.15) is 0 Å². The van der Waals surface area contributed by atoms with Crippen molar-refractivity contribution in [1.29, 1.82) is 0 Å². The van der Waals surface area contributed by atoms with Gasteiger partial charge in [0.05, 0.1) is 10.5 Å². The summed E-state index contributed by atoms with van der Waals surface area (Å²) in [6.07, 6.45) is 2.28. The van der Waals surface area contributed by atoms with E-state index in [0.29, 0.717) is 6.54 Å². The Morgan fingerprint density at radius 1 is 1.17 bits per heavy atom. The van der Waals surface area contributed by atoms with Crippen LogP contribution in [-0.2, 0) is 16.6 Å². The van der Waals surface area contributed by atoms with Crippen molar-refractivity contribution in [2.45, 2.75) is 44.2 Å². The van der Waals surface area contributed by atoms with Gasteiger partial charge < -0.3 is 9.80 Å². The molecule has 1 saturated heterocycles. The number of hydrogen-bond donors (Lipinski definition) is 1. The molecule has 1 aliphatic heterocycles. The molecule has 30 heavy (non-hydrogen) atoms. The minimum atomic E-state index is -3.83. The molecule has 1 aliphatic rings. The predicted octanol–water partition coefficient (Wildman–Crippen LogP) is 3.38. The molecule has 8 heteroatoms. The van der Waals surface area contributed by atoms with Gasteiger partial charge in [0.25, 0.3) is 5.91 Å². The molecule has 0 bridgehead atoms. The number of amides is 1. The van der Waals surface area contributed by atoms with E-state index in [0.717, 1.165) is 49.3 Å². The van der Waals surface area contributed by atoms with Crippen molar-refractivity contribution in [3.05, 3.63) is 59.4 Å². The Hall–Kier alpha value is -2.45. The van der Waals surface area contributed by atoms with Crippen LogP contribution in [-0.4, -0.2) is 45.4 Å². The first-order valence-corrected chi connectivity index (χ1v) is 11.6. The minimum Gasteiger partial charge on any atom is -0.371 e. The molecule has 1 fully saturated rings. The zero-order valence-corrected chi connectivity index (χ0v) is 18.4. The summed E-state index contributed by atoms with van der Waals surface area (Å²) in [6.45, 7) is 5.64. The van der Waals surface area contributed by atoms with E-state index in [1.807, 2.05) is 24.3 Å². The maximum Gasteiger partial charge on any atom is 0.256 e. The van der Waals surface area contributed by atoms with Gasteiger partial charge >= 0.3 is 0 Å². The number of benzene rings is 2. The summed E-state index contributed by atoms with van der Waals surface area (Å²) in [4.78, 5) is 16.5. The van der Waals surface area contributed by atoms with Crippen molar-refractivity contribution in [1.82, 2.24) is 9.62 Å². The Kier molecular flexibility index (Phi) is 6.77. The lowest BCUT2D eigenvalue weighted by Gasteiger charge is -2.24. The number of anilines is 1. The second-order valence-corrected chi connectivity index (χ2v) is 9.62. The van der Waals surface area contributed by atoms with Crippen LogP contribution in [0.3, 0.4) is 0 Å². The zero-order valence-electron chi connectivity index (χ0n) is 17.6. The third kappa shape index (κ3) is 4.99. The summed E-state index contributed by atoms with van der Waals surface area (Å²) in [6, 6.07) is 10.8. The largest absolute Gasteiger partial charge is 0.371 e. The fourth-order valence-electron chi connectivity index (χ4n) is 3.66. The number of rotatable bonds is 7. The van der Waals surface area contributed by atoms with Gasteiger partial charge in [0.15, 0.2) is 0 Å². The fraction of sp³-hybridized carbons (Fsp3) is 0.409. The standard InChI is InChI=1S/C22H28FN3O3S/c1-16(2)24-30(28,29)18-10-11-20(23)19(14-18)22(27)25(3)15-17-8-4-5-9-21(17)26-12-6-7-13-26/h4-5,8-11,14,16,24H,6-7,12-13,15H2,1-3H3. The summed E-state index contributed by atoms with van der Waals surface area (Å²) in [5.74, 6) is -1.31. The van der Waals surface area contributed by atoms with E-state index >= 15 is 0 Å². The van der Waals surface area contributed by atoms with Crippen LogP contribution < -0.4 is 9.62 Å². The molecule has 1 amide bonds. The molecule has 1 heterocycles. The lowest BCUT2D eigenvalue weighted by Crippen LogP contribution is -2.31. The Bertz CT molecular complexity index is 1020. The van der Waals surface area contributed by atoms with Crippen molar-refractivity contribution >= 4 is 21.6 Å². The molecule has 2 aromatic carbocycles. The van der Waals surface area contributed by atoms with Crippen LogP contribution in [0.15, 0.2) is 47.4 Å². The highest BCUT2D eigenvalue weighted by atomic mass is 32.2. The second-order valence-electron chi connectivity index (χ2n) is 7.90. The Labute approximate surface area is 177 Å². The van der Waals surface area contributed by atoms with Crippen molar-refractivity contribution in [3.8, 4) is 0 Å². The van der Waals surface area contributed by atoms with Gasteiger partial charge in [-0.15, -0.1) is 0 Å². The van der Waals surface area contributed by atoms with Crippen LogP contribution in [0.2, 0.25) is 0 Å². The van der Waals surface area contributed by atoms with E-state index in [-0.39, 0.29) is 16.5 Å². The molecule has 0 aromatic heterocycles. The van der Waals surface area contributed by atoms with E-state index in [1.165, 1.54) is 11.0 Å². The van der Waals surface area contributed by atoms with Gasteiger partial charge in [0, 0.05) is 38.4 Å². The summed E-state index contributed by atoms with van der Waals surface area (Å²) < 4.78 is 41.7. The molecule has 0 saturated carbocycles. The SMILES string of the molecule is CC(C)NS(=O)(=O)c1ccc(F)c(C(=O)N(C)Cc2ccccc2N2CCCC2)c1. The number of sulfonamides is 1. The normalized spacial score (nSPS) is 14.4. The molecule has 0 atom stereocenters. The Balaban J connectivity index is 1.84. The summed E-state index contributed by atoms with van der Waals surface area (Å²) in [5.41, 5.74) is 1.79. The fourth-order valence-corrected chi connectivity index (χ4v) is 4.93. The van der Waals surface area contributed by atoms with E-state index in [2.05, 4.69) is 9.62 Å². The van der Waals surface area contributed by atoms with Gasteiger partial charge in [-0.1, -0.05) is 18.2 Å². The van der Waals surface area contributed by atoms with Gasteiger partial charge in [0.1, 0.15) is 5.82 Å². The highest BCUT2D eigenvalue weighted by Gasteiger charge is 2.23. The molecule has 3 rings (SSSR count). The van der Waals surface area contributed by atoms with Crippen LogP contribution in [0, 0.1) is 5.82 Å². The third-order valence-electron chi connectivity index (χ3n) is 5.06. The number of halogens is 1. The zero-order chi connectivity index (χ0) is 21.9. The van der Waals surface area contributed by atoms with E-state index in [9.17, 15) is 17.6 Å². The molecule has 0 aliphatic carbocycles. The maximum atomic E-state index is 14.4. The first-order valence-electron chi connectivity index (χ1n) is 10.1. The average Bonchev–Trinajstić information content (AvgIpc) is 3.21. The number of nitrogens with one attached hydrogen (secondary N) is 1. The molecule has 0 spiro atoms. The average molecular weight is 434 g/mol. The lowest BCUT2D eigenvalue weighted by molar-refractivity contribution is 0.0780. The maximum absolute atomic E-state index is 14.4.